The van der Waals surface area contributed by atoms with E-state index in [1.807, 2.05) is 12.3 Å². The van der Waals surface area contributed by atoms with Gasteiger partial charge in [0, 0.05) is 55.7 Å². The zero-order valence-electron chi connectivity index (χ0n) is 34.2. The van der Waals surface area contributed by atoms with Crippen molar-refractivity contribution in [2.24, 2.45) is 0 Å². The first kappa shape index (κ1) is 38.5. The van der Waals surface area contributed by atoms with Crippen molar-refractivity contribution in [1.29, 1.82) is 0 Å². The van der Waals surface area contributed by atoms with Gasteiger partial charge in [0.15, 0.2) is 0 Å². The van der Waals surface area contributed by atoms with E-state index < -0.39 is 0 Å². The number of aromatic nitrogens is 5. The number of rotatable bonds is 8. The molecule has 0 aliphatic carbocycles. The summed E-state index contributed by atoms with van der Waals surface area (Å²) in [4.78, 5) is 16.4. The number of hydrogen-bond acceptors (Lipinski definition) is 11. The summed E-state index contributed by atoms with van der Waals surface area (Å²) in [5.41, 5.74) is 15.0. The van der Waals surface area contributed by atoms with E-state index in [1.54, 1.807) is 7.11 Å². The molecule has 0 spiro atoms. The number of ether oxygens (including phenoxy) is 1. The maximum atomic E-state index is 5.63. The molecule has 59 heavy (non-hydrogen) atoms. The zero-order chi connectivity index (χ0) is 40.3. The highest BCUT2D eigenvalue weighted by Crippen LogP contribution is 2.33. The van der Waals surface area contributed by atoms with Crippen molar-refractivity contribution in [3.8, 4) is 56.8 Å². The SMILES string of the molecule is COCc1cc(-c2nc(-c3ccc4c(c3)CNCC4)no2)ccc1-c1ccccc1C.Cc1cc(-c2nc(-c3ccc4c(c3)CNCC4)no2)cnc1N1CCCC1C. The second kappa shape index (κ2) is 17.1. The number of benzene rings is 4. The minimum atomic E-state index is 0.510. The van der Waals surface area contributed by atoms with E-state index in [2.05, 4.69) is 135 Å². The topological polar surface area (TPSA) is 127 Å². The van der Waals surface area contributed by atoms with Gasteiger partial charge in [-0.15, -0.1) is 0 Å². The lowest BCUT2D eigenvalue weighted by molar-refractivity contribution is 0.185. The average Bonchev–Trinajstić information content (AvgIpc) is 4.07. The Morgan fingerprint density at radius 3 is 1.95 bits per heavy atom. The van der Waals surface area contributed by atoms with Gasteiger partial charge in [-0.3, -0.25) is 0 Å². The molecule has 1 atom stereocenters. The Morgan fingerprint density at radius 1 is 0.695 bits per heavy atom. The number of hydrogen-bond donors (Lipinski definition) is 2. The molecule has 11 nitrogen and oxygen atoms in total. The predicted molar refractivity (Wildman–Crippen MR) is 231 cm³/mol. The molecular formula is C48H50N8O3. The molecule has 1 fully saturated rings. The average molecular weight is 787 g/mol. The van der Waals surface area contributed by atoms with Crippen molar-refractivity contribution in [2.75, 3.05) is 31.6 Å². The van der Waals surface area contributed by atoms with Crippen LogP contribution in [0.25, 0.3) is 56.8 Å². The van der Waals surface area contributed by atoms with Crippen molar-refractivity contribution >= 4 is 5.82 Å². The molecule has 10 rings (SSSR count). The number of fused-ring (bicyclic) bond motifs is 2. The van der Waals surface area contributed by atoms with Crippen LogP contribution in [0.4, 0.5) is 5.82 Å². The summed E-state index contributed by atoms with van der Waals surface area (Å²) in [6.45, 7) is 11.9. The number of pyridine rings is 1. The molecular weight excluding hydrogens is 737 g/mol. The Bertz CT molecular complexity index is 2600. The molecule has 0 radical (unpaired) electrons. The fourth-order valence-electron chi connectivity index (χ4n) is 8.53. The summed E-state index contributed by atoms with van der Waals surface area (Å²) < 4.78 is 16.7. The van der Waals surface area contributed by atoms with Gasteiger partial charge in [-0.2, -0.15) is 9.97 Å². The minimum absolute atomic E-state index is 0.510. The largest absolute Gasteiger partial charge is 0.380 e. The molecule has 6 heterocycles. The molecule has 300 valence electrons. The Kier molecular flexibility index (Phi) is 11.1. The highest BCUT2D eigenvalue weighted by atomic mass is 16.5. The number of aryl methyl sites for hydroxylation is 2. The summed E-state index contributed by atoms with van der Waals surface area (Å²) in [7, 11) is 1.71. The molecule has 7 aromatic rings. The Hall–Kier alpha value is -6.01. The molecule has 2 N–H and O–H groups in total. The van der Waals surface area contributed by atoms with Crippen LogP contribution in [-0.4, -0.2) is 58.1 Å². The third kappa shape index (κ3) is 8.18. The first-order valence-corrected chi connectivity index (χ1v) is 20.7. The van der Waals surface area contributed by atoms with Crippen LogP contribution in [0.1, 0.15) is 58.7 Å². The van der Waals surface area contributed by atoms with Crippen molar-refractivity contribution < 1.29 is 13.8 Å². The van der Waals surface area contributed by atoms with E-state index in [-0.39, 0.29) is 0 Å². The Morgan fingerprint density at radius 2 is 1.34 bits per heavy atom. The summed E-state index contributed by atoms with van der Waals surface area (Å²) in [5, 5.41) is 15.3. The van der Waals surface area contributed by atoms with Gasteiger partial charge in [0.2, 0.25) is 11.6 Å². The van der Waals surface area contributed by atoms with E-state index in [9.17, 15) is 0 Å². The van der Waals surface area contributed by atoms with Gasteiger partial charge in [0.05, 0.1) is 12.2 Å². The molecule has 11 heteroatoms. The van der Waals surface area contributed by atoms with Crippen LogP contribution in [0.5, 0.6) is 0 Å². The Balaban J connectivity index is 0.000000153. The first-order valence-electron chi connectivity index (χ1n) is 20.7. The summed E-state index contributed by atoms with van der Waals surface area (Å²) in [6.07, 6.45) is 6.43. The van der Waals surface area contributed by atoms with Gasteiger partial charge in [0.25, 0.3) is 11.8 Å². The normalized spacial score (nSPS) is 16.0. The van der Waals surface area contributed by atoms with Crippen molar-refractivity contribution in [1.82, 2.24) is 35.9 Å². The second-order valence-electron chi connectivity index (χ2n) is 15.8. The van der Waals surface area contributed by atoms with E-state index >= 15 is 0 Å². The number of methoxy groups -OCH3 is 1. The van der Waals surface area contributed by atoms with Crippen LogP contribution in [0.3, 0.4) is 0 Å². The molecule has 1 saturated heterocycles. The minimum Gasteiger partial charge on any atom is -0.380 e. The molecule has 0 saturated carbocycles. The van der Waals surface area contributed by atoms with Crippen LogP contribution >= 0.6 is 0 Å². The summed E-state index contributed by atoms with van der Waals surface area (Å²) >= 11 is 0. The first-order chi connectivity index (χ1) is 28.9. The van der Waals surface area contributed by atoms with Crippen molar-refractivity contribution in [3.05, 3.63) is 130 Å². The van der Waals surface area contributed by atoms with Gasteiger partial charge in [-0.25, -0.2) is 4.98 Å². The lowest BCUT2D eigenvalue weighted by Gasteiger charge is -2.24. The predicted octanol–water partition coefficient (Wildman–Crippen LogP) is 8.91. The summed E-state index contributed by atoms with van der Waals surface area (Å²) in [6, 6.07) is 30.1. The zero-order valence-corrected chi connectivity index (χ0v) is 34.2. The molecule has 3 aromatic heterocycles. The number of anilines is 1. The fraction of sp³-hybridized carbons (Fsp3) is 0.312. The van der Waals surface area contributed by atoms with Gasteiger partial charge in [-0.1, -0.05) is 64.9 Å². The molecule has 1 unspecified atom stereocenters. The monoisotopic (exact) mass is 786 g/mol. The van der Waals surface area contributed by atoms with Gasteiger partial charge >= 0.3 is 0 Å². The number of nitrogens with zero attached hydrogens (tertiary/aromatic N) is 6. The van der Waals surface area contributed by atoms with Crippen molar-refractivity contribution in [3.63, 3.8) is 0 Å². The van der Waals surface area contributed by atoms with E-state index in [0.717, 1.165) is 90.3 Å². The van der Waals surface area contributed by atoms with Crippen LogP contribution in [-0.2, 0) is 37.3 Å². The van der Waals surface area contributed by atoms with E-state index in [0.29, 0.717) is 36.1 Å². The molecule has 3 aliphatic rings. The molecule has 4 aromatic carbocycles. The fourth-order valence-corrected chi connectivity index (χ4v) is 8.53. The van der Waals surface area contributed by atoms with Gasteiger partial charge < -0.3 is 29.3 Å². The van der Waals surface area contributed by atoms with E-state index in [4.69, 9.17) is 18.8 Å². The van der Waals surface area contributed by atoms with Gasteiger partial charge in [-0.05, 0) is 140 Å². The molecule has 0 amide bonds. The molecule has 3 aliphatic heterocycles. The van der Waals surface area contributed by atoms with Crippen LogP contribution in [0.15, 0.2) is 100 Å². The lowest BCUT2D eigenvalue weighted by Crippen LogP contribution is -2.27. The highest BCUT2D eigenvalue weighted by Gasteiger charge is 2.24. The third-order valence-corrected chi connectivity index (χ3v) is 11.8. The van der Waals surface area contributed by atoms with Crippen molar-refractivity contribution in [2.45, 2.75) is 72.2 Å². The standard InChI is InChI=1S/C26H25N3O2.C22H25N5O/c1-17-5-3-4-6-23(17)24-10-9-20(14-22(24)16-30-2)26-28-25(29-31-26)19-8-7-18-11-12-27-15-21(18)13-19;1-14-10-19(13-24-21(14)27-9-3-4-15(27)2)22-25-20(26-28-22)17-6-5-16-7-8-23-12-18(16)11-17/h3-10,13-14,27H,11-12,15-16H2,1-2H3;5-6,10-11,13,15,23H,3-4,7-9,12H2,1-2H3. The number of nitrogens with one attached hydrogen (secondary N) is 2. The smallest absolute Gasteiger partial charge is 0.259 e. The Labute approximate surface area is 345 Å². The maximum Gasteiger partial charge on any atom is 0.259 e. The van der Waals surface area contributed by atoms with E-state index in [1.165, 1.54) is 46.2 Å². The van der Waals surface area contributed by atoms with Gasteiger partial charge in [0.1, 0.15) is 5.82 Å². The quantitative estimate of drug-likeness (QED) is 0.153. The lowest BCUT2D eigenvalue weighted by atomic mass is 9.94. The second-order valence-corrected chi connectivity index (χ2v) is 15.8. The van der Waals surface area contributed by atoms with Crippen LogP contribution in [0.2, 0.25) is 0 Å². The maximum absolute atomic E-state index is 5.63. The molecule has 0 bridgehead atoms. The highest BCUT2D eigenvalue weighted by molar-refractivity contribution is 5.74. The summed E-state index contributed by atoms with van der Waals surface area (Å²) in [5.74, 6) is 3.33. The van der Waals surface area contributed by atoms with Crippen LogP contribution < -0.4 is 15.5 Å². The third-order valence-electron chi connectivity index (χ3n) is 11.8. The van der Waals surface area contributed by atoms with Crippen LogP contribution in [0, 0.1) is 13.8 Å².